The molecule has 0 unspecified atom stereocenters. The molecule has 0 radical (unpaired) electrons. The van der Waals surface area contributed by atoms with Crippen LogP contribution in [0.4, 0.5) is 0 Å². The monoisotopic (exact) mass is 196 g/mol. The summed E-state index contributed by atoms with van der Waals surface area (Å²) in [5, 5.41) is 0. The van der Waals surface area contributed by atoms with Crippen LogP contribution in [0.1, 0.15) is 0 Å². The van der Waals surface area contributed by atoms with Gasteiger partial charge in [0.2, 0.25) is 0 Å². The van der Waals surface area contributed by atoms with E-state index in [1.165, 1.54) is 0 Å². The molecule has 0 aliphatic carbocycles. The largest absolute Gasteiger partial charge is 0.344 e. The van der Waals surface area contributed by atoms with Gasteiger partial charge >= 0.3 is 0 Å². The van der Waals surface area contributed by atoms with E-state index in [9.17, 15) is 0 Å². The number of rotatable bonds is 0. The zero-order valence-corrected chi connectivity index (χ0v) is 6.77. The number of halogens is 1. The standard InChI is InChI=1S/ClH.6H3N.Ni/h1H;6*1H3;. The van der Waals surface area contributed by atoms with Crippen LogP contribution in [0.5, 0.6) is 0 Å². The Kier molecular flexibility index (Phi) is 225000. The normalized spacial score (nSPS) is 0. The summed E-state index contributed by atoms with van der Waals surface area (Å²) >= 11 is 0. The van der Waals surface area contributed by atoms with Gasteiger partial charge in [-0.2, -0.15) is 0 Å². The van der Waals surface area contributed by atoms with Gasteiger partial charge in [0.1, 0.15) is 0 Å². The van der Waals surface area contributed by atoms with Gasteiger partial charge in [-0.1, -0.05) is 0 Å². The Labute approximate surface area is 66.4 Å². The van der Waals surface area contributed by atoms with Gasteiger partial charge in [0.15, 0.2) is 0 Å². The molecule has 0 aromatic rings. The Bertz CT molecular complexity index is 8.49. The van der Waals surface area contributed by atoms with Crippen molar-refractivity contribution < 1.29 is 16.5 Å². The molecule has 0 aromatic heterocycles. The van der Waals surface area contributed by atoms with E-state index in [1.54, 1.807) is 0 Å². The molecular weight excluding hydrogens is 178 g/mol. The first kappa shape index (κ1) is 1650. The average Bonchev–Trinajstić information content (AvgIpc) is 0. The van der Waals surface area contributed by atoms with Gasteiger partial charge < -0.3 is 36.9 Å². The summed E-state index contributed by atoms with van der Waals surface area (Å²) in [4.78, 5) is 0. The molecule has 0 saturated heterocycles. The van der Waals surface area contributed by atoms with Crippen LogP contribution in [0.2, 0.25) is 0 Å². The van der Waals surface area contributed by atoms with Gasteiger partial charge in [-0.15, -0.1) is 12.4 Å². The molecule has 0 amide bonds. The Morgan fingerprint density at radius 1 is 0.375 bits per heavy atom. The molecule has 0 aromatic carbocycles. The SMILES string of the molecule is Cl.N.N.N.N.N.N.[Ni]. The summed E-state index contributed by atoms with van der Waals surface area (Å²) in [6.07, 6.45) is 0. The molecule has 0 spiro atoms. The van der Waals surface area contributed by atoms with E-state index in [-0.39, 0.29) is 65.8 Å². The molecule has 0 aliphatic heterocycles. The van der Waals surface area contributed by atoms with Crippen molar-refractivity contribution in [1.29, 1.82) is 0 Å². The molecule has 0 rings (SSSR count). The van der Waals surface area contributed by atoms with Crippen LogP contribution in [0.25, 0.3) is 0 Å². The fraction of sp³-hybridized carbons (Fsp3) is 0. The molecule has 0 heterocycles. The summed E-state index contributed by atoms with van der Waals surface area (Å²) < 4.78 is 0. The van der Waals surface area contributed by atoms with E-state index in [1.807, 2.05) is 0 Å². The van der Waals surface area contributed by atoms with E-state index >= 15 is 0 Å². The van der Waals surface area contributed by atoms with E-state index < -0.39 is 0 Å². The number of hydrogen-bond acceptors (Lipinski definition) is 6. The van der Waals surface area contributed by atoms with Crippen molar-refractivity contribution >= 4 is 12.4 Å². The fourth-order valence-electron chi connectivity index (χ4n) is 0. The predicted octanol–water partition coefficient (Wildman–Crippen LogP) is 1.39. The van der Waals surface area contributed by atoms with E-state index in [4.69, 9.17) is 0 Å². The van der Waals surface area contributed by atoms with Crippen molar-refractivity contribution in [3.8, 4) is 0 Å². The first-order chi connectivity index (χ1) is 0. The zero-order valence-electron chi connectivity index (χ0n) is 4.97. The van der Waals surface area contributed by atoms with Crippen LogP contribution in [0.3, 0.4) is 0 Å². The first-order valence-electron chi connectivity index (χ1n) is 0. The molecule has 18 N–H and O–H groups in total. The molecule has 0 aliphatic rings. The topological polar surface area (TPSA) is 210 Å². The van der Waals surface area contributed by atoms with Gasteiger partial charge in [-0.3, -0.25) is 0 Å². The number of hydrogen-bond donors (Lipinski definition) is 6. The smallest absolute Gasteiger partial charge is 0 e. The van der Waals surface area contributed by atoms with Gasteiger partial charge in [0.25, 0.3) is 0 Å². The minimum absolute atomic E-state index is 0. The van der Waals surface area contributed by atoms with Gasteiger partial charge in [-0.05, 0) is 0 Å². The van der Waals surface area contributed by atoms with Crippen molar-refractivity contribution in [2.24, 2.45) is 0 Å². The quantitative estimate of drug-likeness (QED) is 0.315. The summed E-state index contributed by atoms with van der Waals surface area (Å²) in [6, 6.07) is 0. The fourth-order valence-corrected chi connectivity index (χ4v) is 0. The van der Waals surface area contributed by atoms with Crippen molar-refractivity contribution in [2.75, 3.05) is 0 Å². The third-order valence-electron chi connectivity index (χ3n) is 0. The van der Waals surface area contributed by atoms with Crippen molar-refractivity contribution in [3.05, 3.63) is 0 Å². The minimum atomic E-state index is 0. The van der Waals surface area contributed by atoms with Crippen LogP contribution < -0.4 is 36.9 Å². The second kappa shape index (κ2) is 1090. The van der Waals surface area contributed by atoms with E-state index in [0.717, 1.165) is 0 Å². The van der Waals surface area contributed by atoms with Crippen LogP contribution in [-0.4, -0.2) is 0 Å². The minimum Gasteiger partial charge on any atom is -0.344 e. The molecule has 0 saturated carbocycles. The molecule has 66 valence electrons. The summed E-state index contributed by atoms with van der Waals surface area (Å²) in [6.45, 7) is 0. The van der Waals surface area contributed by atoms with Gasteiger partial charge in [0.05, 0.1) is 0 Å². The molecule has 8 heavy (non-hydrogen) atoms. The van der Waals surface area contributed by atoms with Gasteiger partial charge in [0, 0.05) is 16.5 Å². The third kappa shape index (κ3) is 681. The van der Waals surface area contributed by atoms with E-state index in [2.05, 4.69) is 0 Å². The zero-order chi connectivity index (χ0) is 0. The van der Waals surface area contributed by atoms with Crippen molar-refractivity contribution in [2.45, 2.75) is 0 Å². The molecule has 6 nitrogen and oxygen atoms in total. The van der Waals surface area contributed by atoms with Crippen LogP contribution >= 0.6 is 12.4 Å². The third-order valence-corrected chi connectivity index (χ3v) is 0. The maximum atomic E-state index is 0. The second-order valence-electron chi connectivity index (χ2n) is 0. The average molecular weight is 197 g/mol. The predicted molar refractivity (Wildman–Crippen MR) is 37.4 cm³/mol. The first-order valence-corrected chi connectivity index (χ1v) is 0. The Balaban J connectivity index is 0. The maximum Gasteiger partial charge on any atom is 0 e. The molecule has 8 heteroatoms. The van der Waals surface area contributed by atoms with Crippen molar-refractivity contribution in [1.82, 2.24) is 36.9 Å². The molecule has 0 atom stereocenters. The van der Waals surface area contributed by atoms with Crippen LogP contribution in [-0.2, 0) is 16.5 Å². The van der Waals surface area contributed by atoms with Crippen molar-refractivity contribution in [3.63, 3.8) is 0 Å². The Hall–Kier alpha value is 0.544. The molecular formula is H19ClN6Ni. The summed E-state index contributed by atoms with van der Waals surface area (Å²) in [5.41, 5.74) is 0. The Morgan fingerprint density at radius 2 is 0.375 bits per heavy atom. The molecule has 0 bridgehead atoms. The summed E-state index contributed by atoms with van der Waals surface area (Å²) in [7, 11) is 0. The van der Waals surface area contributed by atoms with Gasteiger partial charge in [-0.25, -0.2) is 0 Å². The summed E-state index contributed by atoms with van der Waals surface area (Å²) in [5.74, 6) is 0. The van der Waals surface area contributed by atoms with Crippen LogP contribution in [0.15, 0.2) is 0 Å². The second-order valence-corrected chi connectivity index (χ2v) is 0. The molecule has 0 fully saturated rings. The Morgan fingerprint density at radius 3 is 0.375 bits per heavy atom. The van der Waals surface area contributed by atoms with Crippen LogP contribution in [0, 0.1) is 0 Å². The van der Waals surface area contributed by atoms with E-state index in [0.29, 0.717) is 0 Å². The maximum absolute atomic E-state index is 0.